The van der Waals surface area contributed by atoms with Crippen LogP contribution in [0.5, 0.6) is 0 Å². The smallest absolute Gasteiger partial charge is 0.0866 e. The Labute approximate surface area is 116 Å². The van der Waals surface area contributed by atoms with Crippen LogP contribution >= 0.6 is 0 Å². The van der Waals surface area contributed by atoms with E-state index in [-0.39, 0.29) is 0 Å². The summed E-state index contributed by atoms with van der Waals surface area (Å²) < 4.78 is 5.95. The van der Waals surface area contributed by atoms with Crippen LogP contribution in [0.2, 0.25) is 0 Å². The molecule has 0 aromatic heterocycles. The molecule has 2 aliphatic rings. The van der Waals surface area contributed by atoms with Crippen molar-refractivity contribution in [3.8, 4) is 0 Å². The van der Waals surface area contributed by atoms with E-state index in [0.29, 0.717) is 12.0 Å². The summed E-state index contributed by atoms with van der Waals surface area (Å²) in [5, 5.41) is 3.79. The van der Waals surface area contributed by atoms with Crippen LogP contribution in [0.15, 0.2) is 30.3 Å². The molecule has 1 aliphatic carbocycles. The highest BCUT2D eigenvalue weighted by Gasteiger charge is 2.31. The fourth-order valence-corrected chi connectivity index (χ4v) is 3.61. The molecule has 3 rings (SSSR count). The van der Waals surface area contributed by atoms with E-state index in [9.17, 15) is 0 Å². The van der Waals surface area contributed by atoms with Crippen molar-refractivity contribution >= 4 is 0 Å². The minimum Gasteiger partial charge on any atom is -0.373 e. The molecule has 1 saturated heterocycles. The third kappa shape index (κ3) is 3.01. The zero-order valence-electron chi connectivity index (χ0n) is 11.8. The van der Waals surface area contributed by atoms with Crippen LogP contribution in [0.1, 0.15) is 44.3 Å². The highest BCUT2D eigenvalue weighted by Crippen LogP contribution is 2.34. The minimum atomic E-state index is 0.297. The predicted molar refractivity (Wildman–Crippen MR) is 78.0 cm³/mol. The van der Waals surface area contributed by atoms with Crippen LogP contribution in [0.25, 0.3) is 0 Å². The molecule has 1 aromatic rings. The zero-order valence-corrected chi connectivity index (χ0v) is 11.8. The lowest BCUT2D eigenvalue weighted by molar-refractivity contribution is 0.0895. The Morgan fingerprint density at radius 2 is 2.00 bits per heavy atom. The largest absolute Gasteiger partial charge is 0.373 e. The maximum atomic E-state index is 5.95. The molecule has 4 unspecified atom stereocenters. The highest BCUT2D eigenvalue weighted by molar-refractivity contribution is 5.19. The molecule has 0 radical (unpaired) electrons. The van der Waals surface area contributed by atoms with E-state index < -0.39 is 0 Å². The summed E-state index contributed by atoms with van der Waals surface area (Å²) in [7, 11) is 0. The molecular formula is C17H25NO. The fraction of sp³-hybridized carbons (Fsp3) is 0.647. The monoisotopic (exact) mass is 259 g/mol. The van der Waals surface area contributed by atoms with E-state index >= 15 is 0 Å². The third-order valence-corrected chi connectivity index (χ3v) is 4.85. The predicted octanol–water partition coefficient (Wildman–Crippen LogP) is 3.54. The summed E-state index contributed by atoms with van der Waals surface area (Å²) in [6.45, 7) is 4.39. The van der Waals surface area contributed by atoms with E-state index in [0.717, 1.165) is 25.1 Å². The summed E-state index contributed by atoms with van der Waals surface area (Å²) in [6, 6.07) is 11.4. The number of hydrogen-bond acceptors (Lipinski definition) is 2. The number of rotatable bonds is 4. The van der Waals surface area contributed by atoms with Crippen molar-refractivity contribution in [3.63, 3.8) is 0 Å². The van der Waals surface area contributed by atoms with Crippen molar-refractivity contribution in [2.24, 2.45) is 11.8 Å². The van der Waals surface area contributed by atoms with Gasteiger partial charge in [-0.05, 0) is 30.7 Å². The van der Waals surface area contributed by atoms with Crippen molar-refractivity contribution in [3.05, 3.63) is 35.9 Å². The lowest BCUT2D eigenvalue weighted by Crippen LogP contribution is -2.35. The zero-order chi connectivity index (χ0) is 13.1. The van der Waals surface area contributed by atoms with Gasteiger partial charge < -0.3 is 10.1 Å². The van der Waals surface area contributed by atoms with Crippen molar-refractivity contribution in [1.29, 1.82) is 0 Å². The first-order valence-electron chi connectivity index (χ1n) is 7.74. The molecule has 1 saturated carbocycles. The first kappa shape index (κ1) is 13.1. The van der Waals surface area contributed by atoms with Crippen LogP contribution in [0.3, 0.4) is 0 Å². The number of benzene rings is 1. The Kier molecular flexibility index (Phi) is 4.19. The van der Waals surface area contributed by atoms with Gasteiger partial charge in [-0.1, -0.05) is 43.7 Å². The molecule has 1 N–H and O–H groups in total. The van der Waals surface area contributed by atoms with E-state index in [2.05, 4.69) is 42.6 Å². The molecule has 0 bridgehead atoms. The van der Waals surface area contributed by atoms with Gasteiger partial charge in [-0.2, -0.15) is 0 Å². The summed E-state index contributed by atoms with van der Waals surface area (Å²) in [5.41, 5.74) is 1.34. The van der Waals surface area contributed by atoms with Gasteiger partial charge in [-0.3, -0.25) is 0 Å². The fourth-order valence-electron chi connectivity index (χ4n) is 3.61. The minimum absolute atomic E-state index is 0.297. The van der Waals surface area contributed by atoms with Gasteiger partial charge in [0, 0.05) is 25.1 Å². The molecule has 0 amide bonds. The third-order valence-electron chi connectivity index (χ3n) is 4.85. The van der Waals surface area contributed by atoms with Crippen LogP contribution in [0, 0.1) is 11.8 Å². The number of ether oxygens (including phenoxy) is 1. The van der Waals surface area contributed by atoms with Crippen molar-refractivity contribution in [2.75, 3.05) is 13.2 Å². The van der Waals surface area contributed by atoms with E-state index in [1.165, 1.54) is 31.2 Å². The van der Waals surface area contributed by atoms with Gasteiger partial charge in [-0.15, -0.1) is 0 Å². The number of hydrogen-bond donors (Lipinski definition) is 1. The van der Waals surface area contributed by atoms with Gasteiger partial charge in [0.15, 0.2) is 0 Å². The topological polar surface area (TPSA) is 21.3 Å². The van der Waals surface area contributed by atoms with Crippen LogP contribution in [-0.4, -0.2) is 19.2 Å². The van der Waals surface area contributed by atoms with Crippen molar-refractivity contribution in [2.45, 2.75) is 44.8 Å². The average molecular weight is 259 g/mol. The van der Waals surface area contributed by atoms with Gasteiger partial charge in [0.05, 0.1) is 6.10 Å². The molecule has 1 aliphatic heterocycles. The van der Waals surface area contributed by atoms with Gasteiger partial charge in [0.1, 0.15) is 0 Å². The van der Waals surface area contributed by atoms with Crippen LogP contribution < -0.4 is 5.32 Å². The van der Waals surface area contributed by atoms with Crippen LogP contribution in [-0.2, 0) is 4.74 Å². The Hall–Kier alpha value is -0.860. The highest BCUT2D eigenvalue weighted by atomic mass is 16.5. The standard InChI is InChI=1S/C17H25NO/c1-13-6-5-9-16(13)18-12-15-10-11-19-17(15)14-7-3-2-4-8-14/h2-4,7-8,13,15-18H,5-6,9-12H2,1H3. The molecule has 1 heterocycles. The van der Waals surface area contributed by atoms with Crippen molar-refractivity contribution < 1.29 is 4.74 Å². The van der Waals surface area contributed by atoms with Gasteiger partial charge in [0.25, 0.3) is 0 Å². The second-order valence-electron chi connectivity index (χ2n) is 6.17. The lowest BCUT2D eigenvalue weighted by Gasteiger charge is -2.23. The quantitative estimate of drug-likeness (QED) is 0.893. The summed E-state index contributed by atoms with van der Waals surface area (Å²) in [6.07, 6.45) is 5.62. The Morgan fingerprint density at radius 3 is 2.74 bits per heavy atom. The summed E-state index contributed by atoms with van der Waals surface area (Å²) in [5.74, 6) is 1.48. The Morgan fingerprint density at radius 1 is 1.16 bits per heavy atom. The van der Waals surface area contributed by atoms with Gasteiger partial charge >= 0.3 is 0 Å². The second kappa shape index (κ2) is 6.06. The second-order valence-corrected chi connectivity index (χ2v) is 6.17. The van der Waals surface area contributed by atoms with Gasteiger partial charge in [-0.25, -0.2) is 0 Å². The first-order valence-corrected chi connectivity index (χ1v) is 7.74. The summed E-state index contributed by atoms with van der Waals surface area (Å²) in [4.78, 5) is 0. The maximum absolute atomic E-state index is 5.95. The SMILES string of the molecule is CC1CCCC1NCC1CCOC1c1ccccc1. The molecule has 0 spiro atoms. The number of nitrogens with one attached hydrogen (secondary N) is 1. The van der Waals surface area contributed by atoms with Gasteiger partial charge in [0.2, 0.25) is 0 Å². The normalized spacial score (nSPS) is 34.8. The average Bonchev–Trinajstić information content (AvgIpc) is 3.06. The molecular weight excluding hydrogens is 234 g/mol. The molecule has 2 nitrogen and oxygen atoms in total. The maximum Gasteiger partial charge on any atom is 0.0866 e. The lowest BCUT2D eigenvalue weighted by atomic mass is 9.94. The molecule has 4 atom stereocenters. The molecule has 1 aromatic carbocycles. The molecule has 2 fully saturated rings. The summed E-state index contributed by atoms with van der Waals surface area (Å²) >= 11 is 0. The first-order chi connectivity index (χ1) is 9.34. The van der Waals surface area contributed by atoms with E-state index in [1.54, 1.807) is 0 Å². The van der Waals surface area contributed by atoms with E-state index in [1.807, 2.05) is 0 Å². The Balaban J connectivity index is 1.58. The molecule has 104 valence electrons. The molecule has 2 heteroatoms. The van der Waals surface area contributed by atoms with E-state index in [4.69, 9.17) is 4.74 Å². The van der Waals surface area contributed by atoms with Crippen molar-refractivity contribution in [1.82, 2.24) is 5.32 Å². The van der Waals surface area contributed by atoms with Crippen LogP contribution in [0.4, 0.5) is 0 Å². The molecule has 19 heavy (non-hydrogen) atoms. The Bertz CT molecular complexity index is 392.